The lowest BCUT2D eigenvalue weighted by molar-refractivity contribution is 0.101. The van der Waals surface area contributed by atoms with Crippen LogP contribution in [0.1, 0.15) is 29.9 Å². The van der Waals surface area contributed by atoms with Crippen molar-refractivity contribution in [3.8, 4) is 0 Å². The molecule has 3 nitrogen and oxygen atoms in total. The van der Waals surface area contributed by atoms with E-state index in [9.17, 15) is 4.79 Å². The second-order valence-electron chi connectivity index (χ2n) is 3.69. The zero-order valence-electron chi connectivity index (χ0n) is 9.24. The Morgan fingerprint density at radius 2 is 2.20 bits per heavy atom. The van der Waals surface area contributed by atoms with Crippen molar-refractivity contribution in [3.05, 3.63) is 29.5 Å². The highest BCUT2D eigenvalue weighted by atomic mass is 16.1. The number of ketones is 1. The predicted molar refractivity (Wildman–Crippen MR) is 60.1 cm³/mol. The van der Waals surface area contributed by atoms with Crippen molar-refractivity contribution in [2.24, 2.45) is 0 Å². The average Bonchev–Trinajstić information content (AvgIpc) is 2.55. The van der Waals surface area contributed by atoms with Crippen molar-refractivity contribution in [1.29, 1.82) is 0 Å². The summed E-state index contributed by atoms with van der Waals surface area (Å²) in [7, 11) is 0. The van der Waals surface area contributed by atoms with Crippen LogP contribution >= 0.6 is 0 Å². The molecular formula is C12H14N2O. The highest BCUT2D eigenvalue weighted by Gasteiger charge is 2.08. The van der Waals surface area contributed by atoms with Gasteiger partial charge in [0.1, 0.15) is 0 Å². The first-order chi connectivity index (χ1) is 7.13. The van der Waals surface area contributed by atoms with Gasteiger partial charge in [0.2, 0.25) is 0 Å². The Labute approximate surface area is 88.7 Å². The lowest BCUT2D eigenvalue weighted by Gasteiger charge is -1.99. The standard InChI is InChI=1S/C12H14N2O/c1-4-14-12-6-5-10(9(3)15)7-11(12)8(2)13-14/h5-7H,4H2,1-3H3. The van der Waals surface area contributed by atoms with E-state index in [0.717, 1.165) is 28.7 Å². The molecule has 0 spiro atoms. The fourth-order valence-corrected chi connectivity index (χ4v) is 1.80. The fourth-order valence-electron chi connectivity index (χ4n) is 1.80. The van der Waals surface area contributed by atoms with Crippen LogP contribution in [0, 0.1) is 6.92 Å². The number of nitrogens with zero attached hydrogens (tertiary/aromatic N) is 2. The summed E-state index contributed by atoms with van der Waals surface area (Å²) in [4.78, 5) is 11.2. The Kier molecular flexibility index (Phi) is 2.31. The van der Waals surface area contributed by atoms with Gasteiger partial charge in [-0.25, -0.2) is 0 Å². The molecule has 0 amide bonds. The molecule has 2 aromatic rings. The maximum atomic E-state index is 11.2. The molecule has 0 radical (unpaired) electrons. The SMILES string of the molecule is CCn1nc(C)c2cc(C(C)=O)ccc21. The zero-order chi connectivity index (χ0) is 11.0. The molecule has 0 bridgehead atoms. The van der Waals surface area contributed by atoms with E-state index in [1.54, 1.807) is 6.92 Å². The van der Waals surface area contributed by atoms with Crippen LogP contribution in [0.25, 0.3) is 10.9 Å². The van der Waals surface area contributed by atoms with Crippen LogP contribution in [0.4, 0.5) is 0 Å². The Hall–Kier alpha value is -1.64. The molecule has 0 N–H and O–H groups in total. The van der Waals surface area contributed by atoms with Crippen LogP contribution in [0.2, 0.25) is 0 Å². The minimum absolute atomic E-state index is 0.0977. The summed E-state index contributed by atoms with van der Waals surface area (Å²) in [5.74, 6) is 0.0977. The van der Waals surface area contributed by atoms with E-state index >= 15 is 0 Å². The lowest BCUT2D eigenvalue weighted by Crippen LogP contribution is -1.96. The molecule has 0 saturated carbocycles. The number of Topliss-reactive ketones (excluding diaryl/α,β-unsaturated/α-hetero) is 1. The van der Waals surface area contributed by atoms with Crippen molar-refractivity contribution in [2.45, 2.75) is 27.3 Å². The molecule has 1 heterocycles. The number of hydrogen-bond donors (Lipinski definition) is 0. The molecule has 0 aliphatic rings. The Morgan fingerprint density at radius 1 is 1.47 bits per heavy atom. The number of rotatable bonds is 2. The molecule has 0 atom stereocenters. The quantitative estimate of drug-likeness (QED) is 0.701. The maximum absolute atomic E-state index is 11.2. The second kappa shape index (κ2) is 3.50. The van der Waals surface area contributed by atoms with Crippen LogP contribution in [-0.4, -0.2) is 15.6 Å². The lowest BCUT2D eigenvalue weighted by atomic mass is 10.1. The Balaban J connectivity index is 2.72. The highest BCUT2D eigenvalue weighted by molar-refractivity contribution is 5.98. The second-order valence-corrected chi connectivity index (χ2v) is 3.69. The number of aromatic nitrogens is 2. The molecular weight excluding hydrogens is 188 g/mol. The summed E-state index contributed by atoms with van der Waals surface area (Å²) >= 11 is 0. The third-order valence-electron chi connectivity index (χ3n) is 2.64. The van der Waals surface area contributed by atoms with E-state index in [0.29, 0.717) is 0 Å². The molecule has 0 unspecified atom stereocenters. The third-order valence-corrected chi connectivity index (χ3v) is 2.64. The Bertz CT molecular complexity index is 526. The summed E-state index contributed by atoms with van der Waals surface area (Å²) in [5.41, 5.74) is 2.83. The Morgan fingerprint density at radius 3 is 2.80 bits per heavy atom. The van der Waals surface area contributed by atoms with Crippen molar-refractivity contribution < 1.29 is 4.79 Å². The first-order valence-corrected chi connectivity index (χ1v) is 5.11. The van der Waals surface area contributed by atoms with Gasteiger partial charge in [-0.1, -0.05) is 0 Å². The van der Waals surface area contributed by atoms with E-state index in [1.807, 2.05) is 29.8 Å². The molecule has 78 valence electrons. The number of carbonyl (C=O) groups excluding carboxylic acids is 1. The first-order valence-electron chi connectivity index (χ1n) is 5.11. The number of aryl methyl sites for hydroxylation is 2. The van der Waals surface area contributed by atoms with Gasteiger partial charge in [-0.3, -0.25) is 9.48 Å². The van der Waals surface area contributed by atoms with Crippen LogP contribution < -0.4 is 0 Å². The first kappa shape index (κ1) is 9.90. The van der Waals surface area contributed by atoms with E-state index in [-0.39, 0.29) is 5.78 Å². The van der Waals surface area contributed by atoms with Gasteiger partial charge in [-0.05, 0) is 39.0 Å². The van der Waals surface area contributed by atoms with Gasteiger partial charge in [-0.2, -0.15) is 5.10 Å². The number of carbonyl (C=O) groups is 1. The minimum Gasteiger partial charge on any atom is -0.295 e. The topological polar surface area (TPSA) is 34.9 Å². The molecule has 2 rings (SSSR count). The van der Waals surface area contributed by atoms with Gasteiger partial charge >= 0.3 is 0 Å². The fraction of sp³-hybridized carbons (Fsp3) is 0.333. The van der Waals surface area contributed by atoms with Crippen molar-refractivity contribution in [1.82, 2.24) is 9.78 Å². The molecule has 0 aliphatic heterocycles. The predicted octanol–water partition coefficient (Wildman–Crippen LogP) is 2.57. The molecule has 0 saturated heterocycles. The average molecular weight is 202 g/mol. The van der Waals surface area contributed by atoms with Crippen LogP contribution in [0.15, 0.2) is 18.2 Å². The monoisotopic (exact) mass is 202 g/mol. The molecule has 0 fully saturated rings. The van der Waals surface area contributed by atoms with Crippen molar-refractivity contribution >= 4 is 16.7 Å². The number of hydrogen-bond acceptors (Lipinski definition) is 2. The summed E-state index contributed by atoms with van der Waals surface area (Å²) in [6.45, 7) is 6.47. The largest absolute Gasteiger partial charge is 0.295 e. The van der Waals surface area contributed by atoms with Gasteiger partial charge in [0, 0.05) is 17.5 Å². The smallest absolute Gasteiger partial charge is 0.159 e. The summed E-state index contributed by atoms with van der Waals surface area (Å²) in [5, 5.41) is 5.49. The zero-order valence-corrected chi connectivity index (χ0v) is 9.24. The van der Waals surface area contributed by atoms with Gasteiger partial charge < -0.3 is 0 Å². The van der Waals surface area contributed by atoms with Gasteiger partial charge in [0.05, 0.1) is 11.2 Å². The van der Waals surface area contributed by atoms with E-state index in [2.05, 4.69) is 12.0 Å². The normalized spacial score (nSPS) is 10.9. The summed E-state index contributed by atoms with van der Waals surface area (Å²) in [6, 6.07) is 5.75. The van der Waals surface area contributed by atoms with Crippen LogP contribution in [0.3, 0.4) is 0 Å². The molecule has 1 aromatic carbocycles. The molecule has 3 heteroatoms. The van der Waals surface area contributed by atoms with Crippen LogP contribution in [0.5, 0.6) is 0 Å². The summed E-state index contributed by atoms with van der Waals surface area (Å²) < 4.78 is 1.95. The van der Waals surface area contributed by atoms with Gasteiger partial charge in [-0.15, -0.1) is 0 Å². The molecule has 1 aromatic heterocycles. The van der Waals surface area contributed by atoms with Crippen molar-refractivity contribution in [2.75, 3.05) is 0 Å². The number of fused-ring (bicyclic) bond motifs is 1. The summed E-state index contributed by atoms with van der Waals surface area (Å²) in [6.07, 6.45) is 0. The minimum atomic E-state index is 0.0977. The van der Waals surface area contributed by atoms with E-state index in [1.165, 1.54) is 0 Å². The third kappa shape index (κ3) is 1.54. The van der Waals surface area contributed by atoms with Gasteiger partial charge in [0.15, 0.2) is 5.78 Å². The van der Waals surface area contributed by atoms with Crippen molar-refractivity contribution in [3.63, 3.8) is 0 Å². The molecule has 0 aliphatic carbocycles. The molecule has 15 heavy (non-hydrogen) atoms. The number of benzene rings is 1. The van der Waals surface area contributed by atoms with E-state index in [4.69, 9.17) is 0 Å². The van der Waals surface area contributed by atoms with Crippen LogP contribution in [-0.2, 0) is 6.54 Å². The maximum Gasteiger partial charge on any atom is 0.159 e. The highest BCUT2D eigenvalue weighted by Crippen LogP contribution is 2.19. The van der Waals surface area contributed by atoms with E-state index < -0.39 is 0 Å². The van der Waals surface area contributed by atoms with Gasteiger partial charge in [0.25, 0.3) is 0 Å².